The maximum atomic E-state index is 12.3. The molecule has 162 valence electrons. The van der Waals surface area contributed by atoms with E-state index in [4.69, 9.17) is 9.47 Å². The summed E-state index contributed by atoms with van der Waals surface area (Å²) in [4.78, 5) is 22.8. The highest BCUT2D eigenvalue weighted by atomic mass is 19.4. The van der Waals surface area contributed by atoms with Crippen LogP contribution < -0.4 is 14.8 Å². The molecule has 0 spiro atoms. The van der Waals surface area contributed by atoms with E-state index < -0.39 is 18.1 Å². The van der Waals surface area contributed by atoms with E-state index in [1.165, 1.54) is 30.3 Å². The summed E-state index contributed by atoms with van der Waals surface area (Å²) in [6.07, 6.45) is -4.71. The first-order chi connectivity index (χ1) is 13.9. The van der Waals surface area contributed by atoms with Crippen molar-refractivity contribution in [3.63, 3.8) is 0 Å². The largest absolute Gasteiger partial charge is 0.573 e. The average Bonchev–Trinajstić information content (AvgIpc) is 2.63. The molecule has 0 fully saturated rings. The van der Waals surface area contributed by atoms with Gasteiger partial charge in [0.05, 0.1) is 6.54 Å². The summed E-state index contributed by atoms with van der Waals surface area (Å²) in [5.74, 6) is 0.0266. The van der Waals surface area contributed by atoms with Crippen LogP contribution in [-0.4, -0.2) is 37.5 Å². The number of rotatable bonds is 7. The van der Waals surface area contributed by atoms with Crippen LogP contribution in [0.15, 0.2) is 42.5 Å². The normalized spacial score (nSPS) is 11.5. The molecule has 0 aliphatic rings. The maximum absolute atomic E-state index is 12.3. The minimum atomic E-state index is -4.77. The van der Waals surface area contributed by atoms with Gasteiger partial charge in [0.15, 0.2) is 0 Å². The Morgan fingerprint density at radius 1 is 1.00 bits per heavy atom. The number of carbonyl (C=O) groups is 2. The lowest BCUT2D eigenvalue weighted by Crippen LogP contribution is -2.34. The highest BCUT2D eigenvalue weighted by Crippen LogP contribution is 2.29. The summed E-state index contributed by atoms with van der Waals surface area (Å²) in [5, 5.41) is 2.55. The fourth-order valence-electron chi connectivity index (χ4n) is 2.43. The third kappa shape index (κ3) is 8.02. The van der Waals surface area contributed by atoms with E-state index in [1.54, 1.807) is 32.9 Å². The van der Waals surface area contributed by atoms with Crippen molar-refractivity contribution >= 4 is 12.4 Å². The maximum Gasteiger partial charge on any atom is 0.573 e. The Balaban J connectivity index is 2.03. The number of hydrogen-bond donors (Lipinski definition) is 1. The van der Waals surface area contributed by atoms with E-state index in [0.717, 1.165) is 0 Å². The first kappa shape index (κ1) is 23.1. The van der Waals surface area contributed by atoms with Gasteiger partial charge in [-0.3, -0.25) is 4.79 Å². The molecule has 0 unspecified atom stereocenters. The van der Waals surface area contributed by atoms with E-state index in [-0.39, 0.29) is 18.9 Å². The van der Waals surface area contributed by atoms with Crippen LogP contribution in [0.1, 0.15) is 31.1 Å². The van der Waals surface area contributed by atoms with Gasteiger partial charge in [0, 0.05) is 5.56 Å². The number of carbonyl (C=O) groups excluding carboxylic acids is 2. The van der Waals surface area contributed by atoms with Gasteiger partial charge in [-0.2, -0.15) is 0 Å². The molecule has 9 heteroatoms. The third-order valence-corrected chi connectivity index (χ3v) is 3.53. The van der Waals surface area contributed by atoms with Crippen LogP contribution >= 0.6 is 0 Å². The SMILES string of the molecule is CC(C)(C)OC(=O)NCCOc1cc(C=O)cc(-c2ccc(OC(F)(F)F)cc2)c1. The standard InChI is InChI=1S/C21H22F3NO5/c1-20(2,3)30-19(27)25-8-9-28-18-11-14(13-26)10-16(12-18)15-4-6-17(7-5-15)29-21(22,23)24/h4-7,10-13H,8-9H2,1-3H3,(H,25,27). The summed E-state index contributed by atoms with van der Waals surface area (Å²) >= 11 is 0. The lowest BCUT2D eigenvalue weighted by atomic mass is 10.0. The highest BCUT2D eigenvalue weighted by Gasteiger charge is 2.31. The van der Waals surface area contributed by atoms with E-state index in [1.807, 2.05) is 0 Å². The molecule has 0 radical (unpaired) electrons. The fourth-order valence-corrected chi connectivity index (χ4v) is 2.43. The molecule has 0 aliphatic carbocycles. The van der Waals surface area contributed by atoms with Crippen molar-refractivity contribution in [2.45, 2.75) is 32.7 Å². The van der Waals surface area contributed by atoms with Crippen molar-refractivity contribution in [3.05, 3.63) is 48.0 Å². The van der Waals surface area contributed by atoms with Crippen molar-refractivity contribution in [1.82, 2.24) is 5.32 Å². The van der Waals surface area contributed by atoms with Crippen LogP contribution in [0.4, 0.5) is 18.0 Å². The van der Waals surface area contributed by atoms with Crippen molar-refractivity contribution in [3.8, 4) is 22.6 Å². The molecule has 0 aromatic heterocycles. The highest BCUT2D eigenvalue weighted by molar-refractivity contribution is 5.80. The summed E-state index contributed by atoms with van der Waals surface area (Å²) in [5.41, 5.74) is 0.871. The molecule has 0 bridgehead atoms. The molecule has 6 nitrogen and oxygen atoms in total. The van der Waals surface area contributed by atoms with Crippen LogP contribution in [0.25, 0.3) is 11.1 Å². The Morgan fingerprint density at radius 2 is 1.67 bits per heavy atom. The lowest BCUT2D eigenvalue weighted by molar-refractivity contribution is -0.274. The molecule has 1 N–H and O–H groups in total. The van der Waals surface area contributed by atoms with Crippen molar-refractivity contribution in [1.29, 1.82) is 0 Å². The molecular formula is C21H22F3NO5. The van der Waals surface area contributed by atoms with E-state index in [0.29, 0.717) is 28.7 Å². The number of hydrogen-bond acceptors (Lipinski definition) is 5. The van der Waals surface area contributed by atoms with Crippen molar-refractivity contribution in [2.75, 3.05) is 13.2 Å². The Bertz CT molecular complexity index is 874. The Labute approximate surface area is 171 Å². The zero-order valence-corrected chi connectivity index (χ0v) is 16.7. The van der Waals surface area contributed by atoms with Gasteiger partial charge in [0.25, 0.3) is 0 Å². The van der Waals surface area contributed by atoms with Crippen LogP contribution in [0.3, 0.4) is 0 Å². The zero-order chi connectivity index (χ0) is 22.4. The van der Waals surface area contributed by atoms with Gasteiger partial charge in [-0.15, -0.1) is 13.2 Å². The number of alkyl carbamates (subject to hydrolysis) is 1. The van der Waals surface area contributed by atoms with Gasteiger partial charge >= 0.3 is 12.5 Å². The van der Waals surface area contributed by atoms with Gasteiger partial charge in [0.1, 0.15) is 30.0 Å². The second-order valence-electron chi connectivity index (χ2n) is 7.26. The number of nitrogens with one attached hydrogen (secondary N) is 1. The molecule has 0 aliphatic heterocycles. The number of halogens is 3. The quantitative estimate of drug-likeness (QED) is 0.501. The molecule has 0 saturated heterocycles. The number of amides is 1. The summed E-state index contributed by atoms with van der Waals surface area (Å²) in [7, 11) is 0. The number of benzene rings is 2. The van der Waals surface area contributed by atoms with Crippen molar-refractivity contribution in [2.24, 2.45) is 0 Å². The molecule has 30 heavy (non-hydrogen) atoms. The molecular weight excluding hydrogens is 403 g/mol. The molecule has 0 atom stereocenters. The molecule has 0 heterocycles. The van der Waals surface area contributed by atoms with Crippen LogP contribution in [0, 0.1) is 0 Å². The molecule has 2 aromatic rings. The van der Waals surface area contributed by atoms with E-state index in [9.17, 15) is 22.8 Å². The first-order valence-corrected chi connectivity index (χ1v) is 9.01. The van der Waals surface area contributed by atoms with Gasteiger partial charge in [-0.25, -0.2) is 4.79 Å². The fraction of sp³-hybridized carbons (Fsp3) is 0.333. The number of aldehydes is 1. The summed E-state index contributed by atoms with van der Waals surface area (Å²) in [6.45, 7) is 5.55. The predicted octanol–water partition coefficient (Wildman–Crippen LogP) is 4.97. The molecule has 0 saturated carbocycles. The second kappa shape index (κ2) is 9.51. The van der Waals surface area contributed by atoms with Gasteiger partial charge in [-0.05, 0) is 62.2 Å². The average molecular weight is 425 g/mol. The van der Waals surface area contributed by atoms with E-state index >= 15 is 0 Å². The van der Waals surface area contributed by atoms with Crippen LogP contribution in [-0.2, 0) is 4.74 Å². The summed E-state index contributed by atoms with van der Waals surface area (Å²) < 4.78 is 51.4. The summed E-state index contributed by atoms with van der Waals surface area (Å²) in [6, 6.07) is 9.99. The van der Waals surface area contributed by atoms with Gasteiger partial charge in [0.2, 0.25) is 0 Å². The molecule has 1 amide bonds. The topological polar surface area (TPSA) is 73.9 Å². The Hall–Kier alpha value is -3.23. The van der Waals surface area contributed by atoms with Crippen LogP contribution in [0.5, 0.6) is 11.5 Å². The Kier molecular flexibility index (Phi) is 7.31. The van der Waals surface area contributed by atoms with E-state index in [2.05, 4.69) is 10.1 Å². The first-order valence-electron chi connectivity index (χ1n) is 9.01. The minimum absolute atomic E-state index is 0.124. The predicted molar refractivity (Wildman–Crippen MR) is 104 cm³/mol. The number of alkyl halides is 3. The second-order valence-corrected chi connectivity index (χ2v) is 7.26. The zero-order valence-electron chi connectivity index (χ0n) is 16.7. The molecule has 2 rings (SSSR count). The smallest absolute Gasteiger partial charge is 0.492 e. The van der Waals surface area contributed by atoms with Gasteiger partial charge in [-0.1, -0.05) is 12.1 Å². The monoisotopic (exact) mass is 425 g/mol. The number of ether oxygens (including phenoxy) is 3. The molecule has 2 aromatic carbocycles. The van der Waals surface area contributed by atoms with Gasteiger partial charge < -0.3 is 19.5 Å². The van der Waals surface area contributed by atoms with Crippen molar-refractivity contribution < 1.29 is 37.0 Å². The van der Waals surface area contributed by atoms with Crippen LogP contribution in [0.2, 0.25) is 0 Å². The lowest BCUT2D eigenvalue weighted by Gasteiger charge is -2.19. The minimum Gasteiger partial charge on any atom is -0.492 e. The Morgan fingerprint density at radius 3 is 2.23 bits per heavy atom. The third-order valence-electron chi connectivity index (χ3n) is 3.53.